The standard InChI is InChI=1S/C22H30N8S/c1-3-20-26-22(31-27-20)30-13-11-29(12-14-30)21(24-4-2)25-15-18-5-7-19(8-6-18)16-28-10-9-23-17-28/h5-10,17H,3-4,11-16H2,1-2H3,(H,24,25). The van der Waals surface area contributed by atoms with Crippen LogP contribution in [-0.4, -0.2) is 62.5 Å². The van der Waals surface area contributed by atoms with Crippen LogP contribution in [0, 0.1) is 0 Å². The van der Waals surface area contributed by atoms with Gasteiger partial charge >= 0.3 is 0 Å². The number of aryl methyl sites for hydroxylation is 1. The second kappa shape index (κ2) is 10.4. The van der Waals surface area contributed by atoms with E-state index in [0.717, 1.165) is 62.6 Å². The summed E-state index contributed by atoms with van der Waals surface area (Å²) < 4.78 is 6.49. The molecule has 2 aromatic heterocycles. The van der Waals surface area contributed by atoms with Gasteiger partial charge in [-0.1, -0.05) is 31.2 Å². The lowest BCUT2D eigenvalue weighted by atomic mass is 10.1. The van der Waals surface area contributed by atoms with Crippen LogP contribution < -0.4 is 10.2 Å². The van der Waals surface area contributed by atoms with Crippen LogP contribution in [0.3, 0.4) is 0 Å². The van der Waals surface area contributed by atoms with Crippen molar-refractivity contribution >= 4 is 22.6 Å². The van der Waals surface area contributed by atoms with Gasteiger partial charge in [0.2, 0.25) is 5.13 Å². The number of benzene rings is 1. The summed E-state index contributed by atoms with van der Waals surface area (Å²) in [5, 5.41) is 4.49. The van der Waals surface area contributed by atoms with Crippen LogP contribution in [0.15, 0.2) is 48.0 Å². The van der Waals surface area contributed by atoms with E-state index >= 15 is 0 Å². The molecule has 1 aromatic carbocycles. The normalized spacial score (nSPS) is 14.8. The van der Waals surface area contributed by atoms with Gasteiger partial charge in [0.25, 0.3) is 0 Å². The fraction of sp³-hybridized carbons (Fsp3) is 0.455. The van der Waals surface area contributed by atoms with Gasteiger partial charge in [0, 0.05) is 69.6 Å². The van der Waals surface area contributed by atoms with Crippen LogP contribution >= 0.6 is 11.5 Å². The monoisotopic (exact) mass is 438 g/mol. The van der Waals surface area contributed by atoms with E-state index in [4.69, 9.17) is 4.99 Å². The quantitative estimate of drug-likeness (QED) is 0.452. The van der Waals surface area contributed by atoms with Crippen LogP contribution in [0.1, 0.15) is 30.8 Å². The topological polar surface area (TPSA) is 74.5 Å². The summed E-state index contributed by atoms with van der Waals surface area (Å²) in [5.74, 6) is 1.92. The molecule has 31 heavy (non-hydrogen) atoms. The summed E-state index contributed by atoms with van der Waals surface area (Å²) in [6.07, 6.45) is 6.52. The van der Waals surface area contributed by atoms with Crippen molar-refractivity contribution in [3.05, 3.63) is 59.9 Å². The first-order valence-electron chi connectivity index (χ1n) is 10.9. The third-order valence-electron chi connectivity index (χ3n) is 5.32. The number of aliphatic imine (C=N–C) groups is 1. The van der Waals surface area contributed by atoms with E-state index in [-0.39, 0.29) is 0 Å². The van der Waals surface area contributed by atoms with Crippen molar-refractivity contribution in [2.75, 3.05) is 37.6 Å². The summed E-state index contributed by atoms with van der Waals surface area (Å²) in [4.78, 5) is 18.3. The highest BCUT2D eigenvalue weighted by Crippen LogP contribution is 2.19. The van der Waals surface area contributed by atoms with Gasteiger partial charge in [-0.15, -0.1) is 0 Å². The van der Waals surface area contributed by atoms with E-state index in [1.165, 1.54) is 22.7 Å². The third-order valence-corrected chi connectivity index (χ3v) is 6.13. The lowest BCUT2D eigenvalue weighted by Gasteiger charge is -2.36. The molecule has 1 saturated heterocycles. The van der Waals surface area contributed by atoms with Crippen LogP contribution in [-0.2, 0) is 19.5 Å². The first kappa shape index (κ1) is 21.3. The van der Waals surface area contributed by atoms with Gasteiger partial charge in [0.15, 0.2) is 5.96 Å². The zero-order valence-corrected chi connectivity index (χ0v) is 19.1. The summed E-state index contributed by atoms with van der Waals surface area (Å²) in [5.41, 5.74) is 2.47. The molecule has 8 nitrogen and oxygen atoms in total. The Hall–Kier alpha value is -2.94. The predicted octanol–water partition coefficient (Wildman–Crippen LogP) is 2.63. The summed E-state index contributed by atoms with van der Waals surface area (Å²) >= 11 is 1.51. The number of imidazole rings is 1. The third kappa shape index (κ3) is 5.61. The highest BCUT2D eigenvalue weighted by molar-refractivity contribution is 7.09. The summed E-state index contributed by atoms with van der Waals surface area (Å²) in [6.45, 7) is 10.3. The lowest BCUT2D eigenvalue weighted by molar-refractivity contribution is 0.372. The number of piperazine rings is 1. The molecule has 9 heteroatoms. The molecule has 0 aliphatic carbocycles. The summed E-state index contributed by atoms with van der Waals surface area (Å²) in [7, 11) is 0. The number of hydrogen-bond donors (Lipinski definition) is 1. The van der Waals surface area contributed by atoms with Crippen LogP contribution in [0.2, 0.25) is 0 Å². The molecule has 1 fully saturated rings. The fourth-order valence-corrected chi connectivity index (χ4v) is 4.36. The van der Waals surface area contributed by atoms with Crippen molar-refractivity contribution in [2.45, 2.75) is 33.4 Å². The van der Waals surface area contributed by atoms with E-state index in [2.05, 4.69) is 72.1 Å². The number of aromatic nitrogens is 4. The van der Waals surface area contributed by atoms with Crippen LogP contribution in [0.25, 0.3) is 0 Å². The molecule has 0 bridgehead atoms. The minimum atomic E-state index is 0.671. The van der Waals surface area contributed by atoms with E-state index < -0.39 is 0 Å². The first-order valence-corrected chi connectivity index (χ1v) is 11.7. The van der Waals surface area contributed by atoms with Gasteiger partial charge in [-0.2, -0.15) is 4.37 Å². The first-order chi connectivity index (χ1) is 15.2. The minimum Gasteiger partial charge on any atom is -0.357 e. The number of nitrogens with zero attached hydrogens (tertiary/aromatic N) is 7. The molecule has 4 rings (SSSR count). The maximum absolute atomic E-state index is 4.90. The molecular weight excluding hydrogens is 408 g/mol. The average molecular weight is 439 g/mol. The Morgan fingerprint density at radius 3 is 2.52 bits per heavy atom. The Labute approximate surface area is 187 Å². The van der Waals surface area contributed by atoms with Crippen LogP contribution in [0.5, 0.6) is 0 Å². The molecule has 164 valence electrons. The predicted molar refractivity (Wildman–Crippen MR) is 126 cm³/mol. The maximum atomic E-state index is 4.90. The molecule has 0 amide bonds. The Balaban J connectivity index is 1.34. The average Bonchev–Trinajstić information content (AvgIpc) is 3.50. The molecule has 0 spiro atoms. The van der Waals surface area contributed by atoms with Crippen molar-refractivity contribution in [2.24, 2.45) is 4.99 Å². The Morgan fingerprint density at radius 2 is 1.87 bits per heavy atom. The summed E-state index contributed by atoms with van der Waals surface area (Å²) in [6, 6.07) is 8.67. The number of nitrogens with one attached hydrogen (secondary N) is 1. The molecule has 0 saturated carbocycles. The molecule has 0 atom stereocenters. The molecule has 0 radical (unpaired) electrons. The fourth-order valence-electron chi connectivity index (χ4n) is 3.56. The second-order valence-corrected chi connectivity index (χ2v) is 8.27. The van der Waals surface area contributed by atoms with Crippen molar-refractivity contribution < 1.29 is 0 Å². The van der Waals surface area contributed by atoms with E-state index in [1.807, 2.05) is 12.5 Å². The van der Waals surface area contributed by atoms with E-state index in [9.17, 15) is 0 Å². The minimum absolute atomic E-state index is 0.671. The van der Waals surface area contributed by atoms with Crippen molar-refractivity contribution in [1.29, 1.82) is 0 Å². The van der Waals surface area contributed by atoms with Gasteiger partial charge in [-0.3, -0.25) is 0 Å². The van der Waals surface area contributed by atoms with E-state index in [0.29, 0.717) is 6.54 Å². The Kier molecular flexibility index (Phi) is 7.14. The smallest absolute Gasteiger partial charge is 0.205 e. The number of anilines is 1. The van der Waals surface area contributed by atoms with Gasteiger partial charge in [0.1, 0.15) is 5.82 Å². The molecule has 3 aromatic rings. The molecular formula is C22H30N8S. The SMILES string of the molecule is CCNC(=NCc1ccc(Cn2ccnc2)cc1)N1CCN(c2nc(CC)ns2)CC1. The van der Waals surface area contributed by atoms with Gasteiger partial charge in [-0.05, 0) is 18.1 Å². The zero-order valence-electron chi connectivity index (χ0n) is 18.2. The Morgan fingerprint density at radius 1 is 1.10 bits per heavy atom. The molecule has 1 N–H and O–H groups in total. The largest absolute Gasteiger partial charge is 0.357 e. The van der Waals surface area contributed by atoms with Crippen molar-refractivity contribution in [1.82, 2.24) is 29.1 Å². The van der Waals surface area contributed by atoms with E-state index in [1.54, 1.807) is 6.20 Å². The Bertz CT molecular complexity index is 956. The maximum Gasteiger partial charge on any atom is 0.205 e. The number of guanidine groups is 1. The second-order valence-electron chi connectivity index (χ2n) is 7.54. The zero-order chi connectivity index (χ0) is 21.5. The highest BCUT2D eigenvalue weighted by atomic mass is 32.1. The van der Waals surface area contributed by atoms with Crippen molar-refractivity contribution in [3.63, 3.8) is 0 Å². The van der Waals surface area contributed by atoms with Gasteiger partial charge in [-0.25, -0.2) is 15.0 Å². The van der Waals surface area contributed by atoms with Gasteiger partial charge in [0.05, 0.1) is 12.9 Å². The van der Waals surface area contributed by atoms with Gasteiger partial charge < -0.3 is 19.7 Å². The lowest BCUT2D eigenvalue weighted by Crippen LogP contribution is -2.52. The highest BCUT2D eigenvalue weighted by Gasteiger charge is 2.22. The van der Waals surface area contributed by atoms with Crippen LogP contribution in [0.4, 0.5) is 5.13 Å². The molecule has 1 aliphatic heterocycles. The molecule has 3 heterocycles. The molecule has 0 unspecified atom stereocenters. The van der Waals surface area contributed by atoms with Crippen molar-refractivity contribution in [3.8, 4) is 0 Å². The number of rotatable bonds is 7. The molecule has 1 aliphatic rings. The number of hydrogen-bond acceptors (Lipinski definition) is 6.